The van der Waals surface area contributed by atoms with Crippen LogP contribution in [0.1, 0.15) is 49.5 Å². The third kappa shape index (κ3) is 6.18. The van der Waals surface area contributed by atoms with Crippen LogP contribution in [0.4, 0.5) is 4.39 Å². The zero-order chi connectivity index (χ0) is 27.2. The Balaban J connectivity index is 1.46. The van der Waals surface area contributed by atoms with E-state index in [9.17, 15) is 18.8 Å². The van der Waals surface area contributed by atoms with E-state index in [1.54, 1.807) is 43.0 Å². The molecule has 1 saturated carbocycles. The van der Waals surface area contributed by atoms with Crippen LogP contribution in [0.2, 0.25) is 0 Å². The summed E-state index contributed by atoms with van der Waals surface area (Å²) in [6.07, 6.45) is 5.14. The first-order chi connectivity index (χ1) is 18.3. The van der Waals surface area contributed by atoms with E-state index in [1.807, 2.05) is 4.57 Å². The van der Waals surface area contributed by atoms with Gasteiger partial charge in [0, 0.05) is 50.7 Å². The van der Waals surface area contributed by atoms with Gasteiger partial charge in [-0.1, -0.05) is 19.3 Å². The number of hydrogen-bond donors (Lipinski definition) is 2. The second-order valence-corrected chi connectivity index (χ2v) is 10.4. The van der Waals surface area contributed by atoms with E-state index in [0.29, 0.717) is 50.4 Å². The maximum absolute atomic E-state index is 13.9. The summed E-state index contributed by atoms with van der Waals surface area (Å²) >= 11 is 0. The summed E-state index contributed by atoms with van der Waals surface area (Å²) in [6, 6.07) is 5.30. The molecule has 1 saturated heterocycles. The molecule has 2 heterocycles. The molecular weight excluding hydrogens is 489 g/mol. The van der Waals surface area contributed by atoms with Crippen LogP contribution in [0, 0.1) is 11.7 Å². The van der Waals surface area contributed by atoms with Gasteiger partial charge in [-0.05, 0) is 57.0 Å². The van der Waals surface area contributed by atoms with E-state index in [-0.39, 0.29) is 35.5 Å². The highest BCUT2D eigenvalue weighted by Gasteiger charge is 2.36. The molecule has 38 heavy (non-hydrogen) atoms. The highest BCUT2D eigenvalue weighted by molar-refractivity contribution is 5.99. The molecule has 1 aliphatic carbocycles. The van der Waals surface area contributed by atoms with Crippen molar-refractivity contribution < 1.29 is 23.5 Å². The van der Waals surface area contributed by atoms with Gasteiger partial charge in [0.15, 0.2) is 0 Å². The first-order valence-electron chi connectivity index (χ1n) is 13.7. The number of hydrogen-bond acceptors (Lipinski definition) is 5. The molecule has 4 rings (SSSR count). The molecule has 0 radical (unpaired) electrons. The third-order valence-corrected chi connectivity index (χ3v) is 7.99. The summed E-state index contributed by atoms with van der Waals surface area (Å²) in [5.74, 6) is -0.613. The van der Waals surface area contributed by atoms with Crippen molar-refractivity contribution in [2.45, 2.75) is 57.7 Å². The van der Waals surface area contributed by atoms with E-state index in [2.05, 4.69) is 10.6 Å². The first kappa shape index (κ1) is 28.0. The van der Waals surface area contributed by atoms with Gasteiger partial charge in [0.05, 0.1) is 12.6 Å². The van der Waals surface area contributed by atoms with Crippen LogP contribution in [0.15, 0.2) is 24.3 Å². The topological polar surface area (TPSA) is 95.9 Å². The van der Waals surface area contributed by atoms with Gasteiger partial charge in [-0.15, -0.1) is 0 Å². The number of carbonyl (C=O) groups is 3. The number of carbonyl (C=O) groups excluding carboxylic acids is 3. The fraction of sp³-hybridized carbons (Fsp3) is 0.607. The summed E-state index contributed by atoms with van der Waals surface area (Å²) in [7, 11) is 3.33. The number of rotatable bonds is 9. The highest BCUT2D eigenvalue weighted by Crippen LogP contribution is 2.28. The number of piperazine rings is 1. The number of fused-ring (bicyclic) bond motifs is 1. The molecule has 2 aliphatic rings. The molecule has 1 aliphatic heterocycles. The van der Waals surface area contributed by atoms with E-state index in [0.717, 1.165) is 37.6 Å². The lowest BCUT2D eigenvalue weighted by atomic mass is 9.83. The van der Waals surface area contributed by atoms with E-state index >= 15 is 0 Å². The fourth-order valence-electron chi connectivity index (χ4n) is 5.59. The summed E-state index contributed by atoms with van der Waals surface area (Å²) < 4.78 is 21.0. The van der Waals surface area contributed by atoms with Gasteiger partial charge < -0.3 is 29.7 Å². The molecule has 208 valence electrons. The number of nitrogens with one attached hydrogen (secondary N) is 2. The van der Waals surface area contributed by atoms with Gasteiger partial charge in [-0.2, -0.15) is 0 Å². The minimum absolute atomic E-state index is 0.0645. The minimum Gasteiger partial charge on any atom is -0.383 e. The highest BCUT2D eigenvalue weighted by atomic mass is 19.1. The summed E-state index contributed by atoms with van der Waals surface area (Å²) in [4.78, 5) is 43.4. The fourth-order valence-corrected chi connectivity index (χ4v) is 5.59. The Morgan fingerprint density at radius 3 is 2.39 bits per heavy atom. The molecule has 0 spiro atoms. The molecule has 9 nitrogen and oxygen atoms in total. The number of halogens is 1. The van der Waals surface area contributed by atoms with E-state index < -0.39 is 6.04 Å². The zero-order valence-electron chi connectivity index (χ0n) is 22.7. The van der Waals surface area contributed by atoms with Crippen LogP contribution >= 0.6 is 0 Å². The standard InChI is InChI=1S/C28H40FN5O4/c1-19(30-2)26(35)31-25(20-7-5-4-6-8-20)28(37)33-13-11-32(12-14-33)27(36)24-18-21-17-22(29)9-10-23(21)34(24)15-16-38-3/h9-10,17-20,25,30H,4-8,11-16H2,1-3H3,(H,31,35)/t19-,25-/m0/s1. The van der Waals surface area contributed by atoms with Crippen molar-refractivity contribution in [3.05, 3.63) is 35.8 Å². The summed E-state index contributed by atoms with van der Waals surface area (Å²) in [5.41, 5.74) is 1.26. The molecule has 10 heteroatoms. The number of amides is 3. The van der Waals surface area contributed by atoms with Crippen molar-refractivity contribution in [1.29, 1.82) is 0 Å². The molecule has 3 amide bonds. The van der Waals surface area contributed by atoms with Crippen LogP contribution < -0.4 is 10.6 Å². The Bertz CT molecular complexity index is 1140. The lowest BCUT2D eigenvalue weighted by molar-refractivity contribution is -0.140. The molecular formula is C28H40FN5O4. The van der Waals surface area contributed by atoms with E-state index in [1.165, 1.54) is 12.1 Å². The lowest BCUT2D eigenvalue weighted by Crippen LogP contribution is -2.59. The smallest absolute Gasteiger partial charge is 0.270 e. The molecule has 0 unspecified atom stereocenters. The second kappa shape index (κ2) is 12.7. The molecule has 0 bridgehead atoms. The second-order valence-electron chi connectivity index (χ2n) is 10.4. The maximum atomic E-state index is 13.9. The van der Waals surface area contributed by atoms with Crippen molar-refractivity contribution in [3.63, 3.8) is 0 Å². The molecule has 2 fully saturated rings. The summed E-state index contributed by atoms with van der Waals surface area (Å²) in [6.45, 7) is 4.26. The third-order valence-electron chi connectivity index (χ3n) is 7.99. The normalized spacial score (nSPS) is 18.4. The van der Waals surface area contributed by atoms with Crippen LogP contribution in [0.5, 0.6) is 0 Å². The Morgan fingerprint density at radius 1 is 1.05 bits per heavy atom. The van der Waals surface area contributed by atoms with Crippen LogP contribution in [0.25, 0.3) is 10.9 Å². The maximum Gasteiger partial charge on any atom is 0.270 e. The monoisotopic (exact) mass is 529 g/mol. The van der Waals surface area contributed by atoms with Crippen LogP contribution in [0.3, 0.4) is 0 Å². The number of aromatic nitrogens is 1. The number of benzene rings is 1. The summed E-state index contributed by atoms with van der Waals surface area (Å²) in [5, 5.41) is 6.63. The average Bonchev–Trinajstić information content (AvgIpc) is 3.31. The first-order valence-corrected chi connectivity index (χ1v) is 13.7. The van der Waals surface area contributed by atoms with Crippen molar-refractivity contribution in [3.8, 4) is 0 Å². The average molecular weight is 530 g/mol. The molecule has 2 aromatic rings. The van der Waals surface area contributed by atoms with Gasteiger partial charge >= 0.3 is 0 Å². The number of nitrogens with zero attached hydrogens (tertiary/aromatic N) is 3. The quantitative estimate of drug-likeness (QED) is 0.520. The molecule has 1 aromatic carbocycles. The molecule has 2 atom stereocenters. The molecule has 1 aromatic heterocycles. The van der Waals surface area contributed by atoms with Crippen molar-refractivity contribution in [1.82, 2.24) is 25.0 Å². The number of ether oxygens (including phenoxy) is 1. The van der Waals surface area contributed by atoms with Gasteiger partial charge in [0.25, 0.3) is 5.91 Å². The Labute approximate surface area is 223 Å². The number of methoxy groups -OCH3 is 1. The predicted molar refractivity (Wildman–Crippen MR) is 143 cm³/mol. The van der Waals surface area contributed by atoms with Gasteiger partial charge in [-0.25, -0.2) is 4.39 Å². The SMILES string of the molecule is CN[C@@H](C)C(=O)N[C@H](C(=O)N1CCN(C(=O)c2cc3cc(F)ccc3n2CCOC)CC1)C1CCCCC1. The van der Waals surface area contributed by atoms with Crippen LogP contribution in [-0.4, -0.2) is 91.1 Å². The van der Waals surface area contributed by atoms with Crippen molar-refractivity contribution in [2.75, 3.05) is 46.9 Å². The van der Waals surface area contributed by atoms with Crippen molar-refractivity contribution in [2.24, 2.45) is 5.92 Å². The molecule has 2 N–H and O–H groups in total. The van der Waals surface area contributed by atoms with Gasteiger partial charge in [-0.3, -0.25) is 14.4 Å². The number of likely N-dealkylation sites (N-methyl/N-ethyl adjacent to an activating group) is 1. The minimum atomic E-state index is -0.549. The van der Waals surface area contributed by atoms with Crippen molar-refractivity contribution >= 4 is 28.6 Å². The van der Waals surface area contributed by atoms with E-state index in [4.69, 9.17) is 4.74 Å². The van der Waals surface area contributed by atoms with Gasteiger partial charge in [0.1, 0.15) is 17.6 Å². The lowest BCUT2D eigenvalue weighted by Gasteiger charge is -2.39. The Kier molecular flexibility index (Phi) is 9.38. The zero-order valence-corrected chi connectivity index (χ0v) is 22.7. The Morgan fingerprint density at radius 2 is 1.74 bits per heavy atom. The largest absolute Gasteiger partial charge is 0.383 e. The predicted octanol–water partition coefficient (Wildman–Crippen LogP) is 2.38. The van der Waals surface area contributed by atoms with Gasteiger partial charge in [0.2, 0.25) is 11.8 Å². The van der Waals surface area contributed by atoms with Crippen LogP contribution in [-0.2, 0) is 20.9 Å². The Hall–Kier alpha value is -2.98.